The van der Waals surface area contributed by atoms with Gasteiger partial charge in [0.2, 0.25) is 0 Å². The molecule has 1 heterocycles. The monoisotopic (exact) mass is 349 g/mol. The third-order valence-corrected chi connectivity index (χ3v) is 4.91. The highest BCUT2D eigenvalue weighted by Crippen LogP contribution is 2.42. The molecule has 0 fully saturated rings. The number of nitrogens with zero attached hydrogens (tertiary/aromatic N) is 1. The lowest BCUT2D eigenvalue weighted by atomic mass is 9.87. The molecule has 1 N–H and O–H groups in total. The summed E-state index contributed by atoms with van der Waals surface area (Å²) in [6.45, 7) is 0. The fraction of sp³-hybridized carbons (Fsp3) is 0.143. The van der Waals surface area contributed by atoms with Gasteiger partial charge in [-0.1, -0.05) is 36.4 Å². The molecule has 0 bridgehead atoms. The number of hydrogen-bond acceptors (Lipinski definition) is 3. The van der Waals surface area contributed by atoms with Crippen molar-refractivity contribution in [3.63, 3.8) is 0 Å². The van der Waals surface area contributed by atoms with Gasteiger partial charge >= 0.3 is 0 Å². The Morgan fingerprint density at radius 3 is 2.58 bits per heavy atom. The van der Waals surface area contributed by atoms with Crippen molar-refractivity contribution >= 4 is 28.2 Å². The standard InChI is InChI=1S/C21H16FNO3/c1-23-18-9-8-16(22)11-17(18)21(26,20(23)25)12-19(24)15-7-6-13-4-2-3-5-14(13)10-15/h2-11,26H,12H2,1H3. The quantitative estimate of drug-likeness (QED) is 0.737. The number of likely N-dealkylation sites (N-methyl/N-ethyl adjacent to an activating group) is 1. The van der Waals surface area contributed by atoms with E-state index in [9.17, 15) is 19.1 Å². The third kappa shape index (κ3) is 2.40. The van der Waals surface area contributed by atoms with E-state index in [1.165, 1.54) is 24.1 Å². The highest BCUT2D eigenvalue weighted by Gasteiger charge is 2.49. The lowest BCUT2D eigenvalue weighted by molar-refractivity contribution is -0.135. The molecule has 0 spiro atoms. The van der Waals surface area contributed by atoms with E-state index in [1.807, 2.05) is 30.3 Å². The molecule has 3 aromatic rings. The number of carbonyl (C=O) groups excluding carboxylic acids is 2. The first-order valence-corrected chi connectivity index (χ1v) is 8.23. The number of amides is 1. The van der Waals surface area contributed by atoms with E-state index < -0.39 is 23.7 Å². The van der Waals surface area contributed by atoms with Crippen molar-refractivity contribution in [1.82, 2.24) is 0 Å². The maximum Gasteiger partial charge on any atom is 0.263 e. The molecule has 1 aliphatic rings. The van der Waals surface area contributed by atoms with Gasteiger partial charge in [-0.15, -0.1) is 0 Å². The zero-order chi connectivity index (χ0) is 18.5. The van der Waals surface area contributed by atoms with Crippen molar-refractivity contribution in [3.05, 3.63) is 77.6 Å². The van der Waals surface area contributed by atoms with Crippen molar-refractivity contribution in [3.8, 4) is 0 Å². The van der Waals surface area contributed by atoms with Gasteiger partial charge in [0.05, 0.1) is 12.1 Å². The molecule has 1 unspecified atom stereocenters. The van der Waals surface area contributed by atoms with Crippen LogP contribution in [-0.2, 0) is 10.4 Å². The van der Waals surface area contributed by atoms with E-state index in [1.54, 1.807) is 12.1 Å². The minimum absolute atomic E-state index is 0.124. The molecule has 0 aliphatic carbocycles. The van der Waals surface area contributed by atoms with E-state index in [2.05, 4.69) is 0 Å². The smallest absolute Gasteiger partial charge is 0.263 e. The SMILES string of the molecule is CN1C(=O)C(O)(CC(=O)c2ccc3ccccc3c2)c2cc(F)ccc21. The Morgan fingerprint density at radius 2 is 1.81 bits per heavy atom. The molecule has 1 aliphatic heterocycles. The summed E-state index contributed by atoms with van der Waals surface area (Å²) in [5, 5.41) is 12.9. The first-order chi connectivity index (χ1) is 12.4. The minimum Gasteiger partial charge on any atom is -0.375 e. The number of rotatable bonds is 3. The molecule has 1 atom stereocenters. The third-order valence-electron chi connectivity index (χ3n) is 4.91. The topological polar surface area (TPSA) is 57.6 Å². The van der Waals surface area contributed by atoms with Crippen molar-refractivity contribution in [2.24, 2.45) is 0 Å². The zero-order valence-corrected chi connectivity index (χ0v) is 14.1. The van der Waals surface area contributed by atoms with Crippen molar-refractivity contribution in [2.45, 2.75) is 12.0 Å². The summed E-state index contributed by atoms with van der Waals surface area (Å²) in [4.78, 5) is 26.6. The maximum atomic E-state index is 13.7. The fourth-order valence-electron chi connectivity index (χ4n) is 3.50. The summed E-state index contributed by atoms with van der Waals surface area (Å²) >= 11 is 0. The number of fused-ring (bicyclic) bond motifs is 2. The zero-order valence-electron chi connectivity index (χ0n) is 14.1. The average molecular weight is 349 g/mol. The van der Waals surface area contributed by atoms with Crippen LogP contribution in [0, 0.1) is 5.82 Å². The summed E-state index contributed by atoms with van der Waals surface area (Å²) in [6.07, 6.45) is -0.440. The summed E-state index contributed by atoms with van der Waals surface area (Å²) in [6, 6.07) is 16.6. The molecule has 4 rings (SSSR count). The van der Waals surface area contributed by atoms with E-state index in [0.717, 1.165) is 16.8 Å². The molecule has 0 saturated carbocycles. The molecule has 26 heavy (non-hydrogen) atoms. The average Bonchev–Trinajstić information content (AvgIpc) is 2.82. The second-order valence-electron chi connectivity index (χ2n) is 6.55. The van der Waals surface area contributed by atoms with Crippen LogP contribution in [0.3, 0.4) is 0 Å². The van der Waals surface area contributed by atoms with Gasteiger partial charge in [0.1, 0.15) is 5.82 Å². The number of hydrogen-bond donors (Lipinski definition) is 1. The van der Waals surface area contributed by atoms with Gasteiger partial charge in [-0.25, -0.2) is 4.39 Å². The number of ketones is 1. The number of anilines is 1. The molecule has 5 heteroatoms. The fourth-order valence-corrected chi connectivity index (χ4v) is 3.50. The van der Waals surface area contributed by atoms with Gasteiger partial charge in [0.15, 0.2) is 11.4 Å². The summed E-state index contributed by atoms with van der Waals surface area (Å²) in [5.74, 6) is -1.58. The summed E-state index contributed by atoms with van der Waals surface area (Å²) in [5.41, 5.74) is -1.13. The van der Waals surface area contributed by atoms with Crippen LogP contribution in [0.5, 0.6) is 0 Å². The summed E-state index contributed by atoms with van der Waals surface area (Å²) in [7, 11) is 1.50. The predicted molar refractivity (Wildman–Crippen MR) is 96.6 cm³/mol. The van der Waals surface area contributed by atoms with Crippen LogP contribution in [0.25, 0.3) is 10.8 Å². The maximum absolute atomic E-state index is 13.7. The Balaban J connectivity index is 1.72. The van der Waals surface area contributed by atoms with Gasteiger partial charge in [-0.3, -0.25) is 9.59 Å². The van der Waals surface area contributed by atoms with Gasteiger partial charge in [0, 0.05) is 18.2 Å². The molecular weight excluding hydrogens is 333 g/mol. The molecular formula is C21H16FNO3. The van der Waals surface area contributed by atoms with Crippen LogP contribution in [-0.4, -0.2) is 23.8 Å². The predicted octanol–water partition coefficient (Wildman–Crippen LogP) is 3.42. The van der Waals surface area contributed by atoms with Crippen LogP contribution in [0.4, 0.5) is 10.1 Å². The van der Waals surface area contributed by atoms with Gasteiger partial charge in [-0.05, 0) is 35.0 Å². The Hall–Kier alpha value is -3.05. The first kappa shape index (κ1) is 16.4. The molecule has 3 aromatic carbocycles. The summed E-state index contributed by atoms with van der Waals surface area (Å²) < 4.78 is 13.7. The molecule has 0 saturated heterocycles. The number of Topliss-reactive ketones (excluding diaryl/α,β-unsaturated/α-hetero) is 1. The van der Waals surface area contributed by atoms with Crippen molar-refractivity contribution < 1.29 is 19.1 Å². The van der Waals surface area contributed by atoms with E-state index in [0.29, 0.717) is 11.3 Å². The van der Waals surface area contributed by atoms with E-state index >= 15 is 0 Å². The molecule has 1 amide bonds. The van der Waals surface area contributed by atoms with Crippen molar-refractivity contribution in [2.75, 3.05) is 11.9 Å². The lowest BCUT2D eigenvalue weighted by Gasteiger charge is -2.21. The Kier molecular flexibility index (Phi) is 3.63. The Morgan fingerprint density at radius 1 is 1.08 bits per heavy atom. The second kappa shape index (κ2) is 5.75. The number of aliphatic hydroxyl groups is 1. The van der Waals surface area contributed by atoms with Crippen molar-refractivity contribution in [1.29, 1.82) is 0 Å². The second-order valence-corrected chi connectivity index (χ2v) is 6.55. The Labute approximate surface area is 149 Å². The highest BCUT2D eigenvalue weighted by molar-refractivity contribution is 6.11. The van der Waals surface area contributed by atoms with E-state index in [-0.39, 0.29) is 11.3 Å². The van der Waals surface area contributed by atoms with Gasteiger partial charge < -0.3 is 10.0 Å². The van der Waals surface area contributed by atoms with Gasteiger partial charge in [0.25, 0.3) is 5.91 Å². The van der Waals surface area contributed by atoms with Gasteiger partial charge in [-0.2, -0.15) is 0 Å². The van der Waals surface area contributed by atoms with E-state index in [4.69, 9.17) is 0 Å². The Bertz CT molecular complexity index is 1060. The minimum atomic E-state index is -2.06. The van der Waals surface area contributed by atoms with Crippen LogP contribution in [0.15, 0.2) is 60.7 Å². The van der Waals surface area contributed by atoms with Crippen LogP contribution in [0.2, 0.25) is 0 Å². The largest absolute Gasteiger partial charge is 0.375 e. The van der Waals surface area contributed by atoms with Crippen LogP contribution >= 0.6 is 0 Å². The van der Waals surface area contributed by atoms with Crippen LogP contribution < -0.4 is 4.90 Å². The number of halogens is 1. The highest BCUT2D eigenvalue weighted by atomic mass is 19.1. The van der Waals surface area contributed by atoms with Crippen LogP contribution in [0.1, 0.15) is 22.3 Å². The first-order valence-electron chi connectivity index (χ1n) is 8.23. The molecule has 130 valence electrons. The molecule has 0 radical (unpaired) electrons. The number of carbonyl (C=O) groups is 2. The lowest BCUT2D eigenvalue weighted by Crippen LogP contribution is -2.40. The number of benzene rings is 3. The molecule has 0 aromatic heterocycles. The normalized spacial score (nSPS) is 19.0. The molecule has 4 nitrogen and oxygen atoms in total.